The molecule has 0 bridgehead atoms. The number of benzene rings is 1. The number of fused-ring (bicyclic) bond motifs is 3. The maximum atomic E-state index is 11.7. The molecule has 1 fully saturated rings. The Morgan fingerprint density at radius 1 is 1.31 bits per heavy atom. The van der Waals surface area contributed by atoms with Crippen molar-refractivity contribution in [1.82, 2.24) is 0 Å². The zero-order chi connectivity index (χ0) is 11.3. The van der Waals surface area contributed by atoms with Gasteiger partial charge in [0, 0.05) is 5.92 Å². The van der Waals surface area contributed by atoms with Gasteiger partial charge in [0.1, 0.15) is 0 Å². The molecule has 4 N–H and O–H groups in total. The summed E-state index contributed by atoms with van der Waals surface area (Å²) in [5.41, 5.74) is 13.1. The molecule has 1 aromatic carbocycles. The SMILES string of the molecule is NC(N)=NC(=O)C1C2Cc3ccccc3C21. The lowest BCUT2D eigenvalue weighted by Crippen LogP contribution is -2.25. The Morgan fingerprint density at radius 2 is 2.06 bits per heavy atom. The quantitative estimate of drug-likeness (QED) is 0.524. The van der Waals surface area contributed by atoms with Crippen LogP contribution in [0.1, 0.15) is 17.0 Å². The summed E-state index contributed by atoms with van der Waals surface area (Å²) in [6.07, 6.45) is 0.983. The Hall–Kier alpha value is -1.84. The van der Waals surface area contributed by atoms with Crippen LogP contribution in [-0.2, 0) is 11.2 Å². The van der Waals surface area contributed by atoms with Crippen molar-refractivity contribution in [2.24, 2.45) is 28.3 Å². The zero-order valence-corrected chi connectivity index (χ0v) is 8.76. The van der Waals surface area contributed by atoms with Gasteiger partial charge in [-0.15, -0.1) is 0 Å². The summed E-state index contributed by atoms with van der Waals surface area (Å²) >= 11 is 0. The van der Waals surface area contributed by atoms with Crippen LogP contribution in [0.15, 0.2) is 29.3 Å². The van der Waals surface area contributed by atoms with Crippen LogP contribution in [0, 0.1) is 11.8 Å². The topological polar surface area (TPSA) is 81.5 Å². The van der Waals surface area contributed by atoms with Crippen LogP contribution >= 0.6 is 0 Å². The minimum atomic E-state index is -0.162. The second kappa shape index (κ2) is 3.07. The highest BCUT2D eigenvalue weighted by atomic mass is 16.1. The number of nitrogens with two attached hydrogens (primary N) is 2. The van der Waals surface area contributed by atoms with E-state index in [1.165, 1.54) is 11.1 Å². The number of aliphatic imine (C=N–C) groups is 1. The molecular formula is C12H13N3O. The van der Waals surface area contributed by atoms with E-state index in [0.717, 1.165) is 6.42 Å². The van der Waals surface area contributed by atoms with E-state index in [2.05, 4.69) is 17.1 Å². The Morgan fingerprint density at radius 3 is 2.81 bits per heavy atom. The largest absolute Gasteiger partial charge is 0.370 e. The summed E-state index contributed by atoms with van der Waals surface area (Å²) < 4.78 is 0. The van der Waals surface area contributed by atoms with Gasteiger partial charge in [0.15, 0.2) is 5.96 Å². The predicted octanol–water partition coefficient (Wildman–Crippen LogP) is 0.372. The molecule has 4 heteroatoms. The maximum absolute atomic E-state index is 11.7. The van der Waals surface area contributed by atoms with E-state index in [-0.39, 0.29) is 17.8 Å². The molecule has 1 aromatic rings. The van der Waals surface area contributed by atoms with Gasteiger partial charge in [-0.25, -0.2) is 0 Å². The van der Waals surface area contributed by atoms with Gasteiger partial charge in [-0.05, 0) is 23.5 Å². The van der Waals surface area contributed by atoms with Gasteiger partial charge < -0.3 is 11.5 Å². The van der Waals surface area contributed by atoms with Gasteiger partial charge in [-0.1, -0.05) is 24.3 Å². The maximum Gasteiger partial charge on any atom is 0.252 e. The second-order valence-electron chi connectivity index (χ2n) is 4.49. The molecule has 1 saturated carbocycles. The molecule has 82 valence electrons. The Kier molecular flexibility index (Phi) is 1.80. The van der Waals surface area contributed by atoms with Gasteiger partial charge in [-0.2, -0.15) is 4.99 Å². The van der Waals surface area contributed by atoms with Gasteiger partial charge >= 0.3 is 0 Å². The minimum Gasteiger partial charge on any atom is -0.370 e. The molecular weight excluding hydrogens is 202 g/mol. The number of carbonyl (C=O) groups is 1. The predicted molar refractivity (Wildman–Crippen MR) is 60.7 cm³/mol. The molecule has 3 rings (SSSR count). The summed E-state index contributed by atoms with van der Waals surface area (Å²) in [4.78, 5) is 15.3. The van der Waals surface area contributed by atoms with E-state index >= 15 is 0 Å². The minimum absolute atomic E-state index is 0.0111. The van der Waals surface area contributed by atoms with E-state index in [0.29, 0.717) is 11.8 Å². The molecule has 0 saturated heterocycles. The van der Waals surface area contributed by atoms with Crippen molar-refractivity contribution in [2.45, 2.75) is 12.3 Å². The number of carbonyl (C=O) groups excluding carboxylic acids is 1. The summed E-state index contributed by atoms with van der Waals surface area (Å²) in [7, 11) is 0. The number of hydrogen-bond donors (Lipinski definition) is 2. The second-order valence-corrected chi connectivity index (χ2v) is 4.49. The monoisotopic (exact) mass is 215 g/mol. The van der Waals surface area contributed by atoms with E-state index in [1.807, 2.05) is 12.1 Å². The van der Waals surface area contributed by atoms with E-state index < -0.39 is 0 Å². The Balaban J connectivity index is 1.84. The van der Waals surface area contributed by atoms with Crippen molar-refractivity contribution >= 4 is 11.9 Å². The Bertz CT molecular complexity index is 491. The van der Waals surface area contributed by atoms with Crippen LogP contribution in [0.3, 0.4) is 0 Å². The van der Waals surface area contributed by atoms with E-state index in [1.54, 1.807) is 0 Å². The Labute approximate surface area is 93.3 Å². The number of rotatable bonds is 1. The molecule has 0 radical (unpaired) electrons. The highest BCUT2D eigenvalue weighted by Crippen LogP contribution is 2.61. The molecule has 0 spiro atoms. The first kappa shape index (κ1) is 9.39. The summed E-state index contributed by atoms with van der Waals surface area (Å²) in [6, 6.07) is 8.28. The number of nitrogens with zero attached hydrogens (tertiary/aromatic N) is 1. The standard InChI is InChI=1S/C12H13N3O/c13-12(14)15-11(16)10-8-5-6-3-1-2-4-7(6)9(8)10/h1-4,8-10H,5H2,(H4,13,14,15,16). The number of guanidine groups is 1. The fraction of sp³-hybridized carbons (Fsp3) is 0.333. The fourth-order valence-corrected chi connectivity index (χ4v) is 2.89. The van der Waals surface area contributed by atoms with Crippen LogP contribution in [0.5, 0.6) is 0 Å². The summed E-state index contributed by atoms with van der Waals surface area (Å²) in [5, 5.41) is 0. The molecule has 2 aliphatic rings. The lowest BCUT2D eigenvalue weighted by atomic mass is 10.0. The van der Waals surface area contributed by atoms with Crippen molar-refractivity contribution in [3.63, 3.8) is 0 Å². The van der Waals surface area contributed by atoms with Crippen molar-refractivity contribution in [3.05, 3.63) is 35.4 Å². The van der Waals surface area contributed by atoms with Crippen LogP contribution in [-0.4, -0.2) is 11.9 Å². The summed E-state index contributed by atoms with van der Waals surface area (Å²) in [6.45, 7) is 0. The molecule has 4 nitrogen and oxygen atoms in total. The molecule has 3 unspecified atom stereocenters. The van der Waals surface area contributed by atoms with Crippen molar-refractivity contribution in [2.75, 3.05) is 0 Å². The van der Waals surface area contributed by atoms with Crippen molar-refractivity contribution in [3.8, 4) is 0 Å². The molecule has 3 atom stereocenters. The fourth-order valence-electron chi connectivity index (χ4n) is 2.89. The van der Waals surface area contributed by atoms with Gasteiger partial charge in [0.05, 0.1) is 5.92 Å². The smallest absolute Gasteiger partial charge is 0.252 e. The van der Waals surface area contributed by atoms with Crippen molar-refractivity contribution in [1.29, 1.82) is 0 Å². The molecule has 0 heterocycles. The van der Waals surface area contributed by atoms with Crippen LogP contribution in [0.4, 0.5) is 0 Å². The van der Waals surface area contributed by atoms with E-state index in [9.17, 15) is 4.79 Å². The molecule has 16 heavy (non-hydrogen) atoms. The average Bonchev–Trinajstić information content (AvgIpc) is 2.81. The lowest BCUT2D eigenvalue weighted by molar-refractivity contribution is -0.119. The number of hydrogen-bond acceptors (Lipinski definition) is 1. The van der Waals surface area contributed by atoms with Gasteiger partial charge in [-0.3, -0.25) is 4.79 Å². The highest BCUT2D eigenvalue weighted by molar-refractivity contribution is 5.95. The van der Waals surface area contributed by atoms with Crippen LogP contribution < -0.4 is 11.5 Å². The third-order valence-corrected chi connectivity index (χ3v) is 3.56. The normalized spacial score (nSPS) is 29.1. The first-order valence-corrected chi connectivity index (χ1v) is 5.40. The third kappa shape index (κ3) is 1.23. The number of amides is 1. The summed E-state index contributed by atoms with van der Waals surface area (Å²) in [5.74, 6) is 0.490. The van der Waals surface area contributed by atoms with Crippen molar-refractivity contribution < 1.29 is 4.79 Å². The van der Waals surface area contributed by atoms with Gasteiger partial charge in [0.2, 0.25) is 0 Å². The van der Waals surface area contributed by atoms with Crippen LogP contribution in [0.2, 0.25) is 0 Å². The first-order valence-electron chi connectivity index (χ1n) is 5.40. The third-order valence-electron chi connectivity index (χ3n) is 3.56. The lowest BCUT2D eigenvalue weighted by Gasteiger charge is -2.04. The molecule has 0 aromatic heterocycles. The molecule has 2 aliphatic carbocycles. The average molecular weight is 215 g/mol. The first-order chi connectivity index (χ1) is 7.68. The van der Waals surface area contributed by atoms with Gasteiger partial charge in [0.25, 0.3) is 5.91 Å². The highest BCUT2D eigenvalue weighted by Gasteiger charge is 2.59. The van der Waals surface area contributed by atoms with E-state index in [4.69, 9.17) is 11.5 Å². The molecule has 0 aliphatic heterocycles. The zero-order valence-electron chi connectivity index (χ0n) is 8.76. The molecule has 1 amide bonds. The van der Waals surface area contributed by atoms with Crippen LogP contribution in [0.25, 0.3) is 0 Å².